The summed E-state index contributed by atoms with van der Waals surface area (Å²) < 4.78 is 10.7. The summed E-state index contributed by atoms with van der Waals surface area (Å²) >= 11 is 0. The van der Waals surface area contributed by atoms with Crippen LogP contribution in [0.3, 0.4) is 0 Å². The van der Waals surface area contributed by atoms with Crippen LogP contribution >= 0.6 is 0 Å². The Balaban J connectivity index is 1.73. The maximum Gasteiger partial charge on any atom is 0.300 e. The van der Waals surface area contributed by atoms with Crippen molar-refractivity contribution >= 4 is 23.1 Å². The molecule has 0 aromatic heterocycles. The number of aliphatic hydroxyl groups is 1. The minimum absolute atomic E-state index is 0.0685. The summed E-state index contributed by atoms with van der Waals surface area (Å²) in [6, 6.07) is 17.6. The number of ketones is 1. The Morgan fingerprint density at radius 1 is 0.969 bits per heavy atom. The van der Waals surface area contributed by atoms with Crippen LogP contribution in [0, 0.1) is 6.92 Å². The number of carbonyl (C=O) groups excluding carboxylic acids is 2. The molecule has 0 saturated carbocycles. The fourth-order valence-corrected chi connectivity index (χ4v) is 4.06. The Morgan fingerprint density at radius 3 is 2.50 bits per heavy atom. The molecule has 7 heteroatoms. The summed E-state index contributed by atoms with van der Waals surface area (Å²) in [5.74, 6) is -1.16. The van der Waals surface area contributed by atoms with E-state index >= 15 is 0 Å². The zero-order valence-corrected chi connectivity index (χ0v) is 17.1. The van der Waals surface area contributed by atoms with Gasteiger partial charge in [-0.1, -0.05) is 36.4 Å². The lowest BCUT2D eigenvalue weighted by Crippen LogP contribution is -2.29. The van der Waals surface area contributed by atoms with Crippen LogP contribution in [0.25, 0.3) is 5.76 Å². The number of aliphatic hydroxyl groups excluding tert-OH is 1. The minimum Gasteiger partial charge on any atom is -0.507 e. The number of Topliss-reactive ketones (excluding diaryl/α,β-unsaturated/α-hetero) is 1. The molecule has 0 bridgehead atoms. The van der Waals surface area contributed by atoms with Gasteiger partial charge in [-0.3, -0.25) is 14.5 Å². The highest BCUT2D eigenvalue weighted by molar-refractivity contribution is 6.51. The molecule has 1 atom stereocenters. The number of fused-ring (bicyclic) bond motifs is 1. The van der Waals surface area contributed by atoms with Gasteiger partial charge in [0.05, 0.1) is 17.3 Å². The molecule has 5 rings (SSSR count). The van der Waals surface area contributed by atoms with E-state index in [1.807, 2.05) is 13.0 Å². The monoisotopic (exact) mass is 429 g/mol. The predicted molar refractivity (Wildman–Crippen MR) is 117 cm³/mol. The van der Waals surface area contributed by atoms with Crippen LogP contribution in [0.5, 0.6) is 17.2 Å². The normalized spacial score (nSPS) is 18.9. The average molecular weight is 429 g/mol. The maximum atomic E-state index is 13.2. The van der Waals surface area contributed by atoms with Crippen LogP contribution in [0.2, 0.25) is 0 Å². The summed E-state index contributed by atoms with van der Waals surface area (Å²) in [4.78, 5) is 27.6. The number of nitrogens with zero attached hydrogens (tertiary/aromatic N) is 1. The minimum atomic E-state index is -0.922. The number of rotatable bonds is 3. The molecule has 2 aliphatic heterocycles. The van der Waals surface area contributed by atoms with Gasteiger partial charge in [0.15, 0.2) is 11.5 Å². The largest absolute Gasteiger partial charge is 0.507 e. The molecule has 7 nitrogen and oxygen atoms in total. The number of benzene rings is 3. The van der Waals surface area contributed by atoms with Crippen molar-refractivity contribution in [2.45, 2.75) is 13.0 Å². The zero-order chi connectivity index (χ0) is 22.4. The molecule has 1 unspecified atom stereocenters. The lowest BCUT2D eigenvalue weighted by molar-refractivity contribution is -0.132. The van der Waals surface area contributed by atoms with Gasteiger partial charge in [-0.2, -0.15) is 0 Å². The SMILES string of the molecule is Cc1ccc(O)c(N2C(=O)C(=O)/C(=C(\O)c3ccc4c(c3)OCO4)C2c2ccccc2)c1. The number of aromatic hydroxyl groups is 1. The van der Waals surface area contributed by atoms with E-state index in [1.54, 1.807) is 54.6 Å². The first-order valence-corrected chi connectivity index (χ1v) is 10.0. The van der Waals surface area contributed by atoms with E-state index in [1.165, 1.54) is 11.0 Å². The molecule has 2 heterocycles. The van der Waals surface area contributed by atoms with Crippen molar-refractivity contribution in [3.63, 3.8) is 0 Å². The second-order valence-corrected chi connectivity index (χ2v) is 7.64. The highest BCUT2D eigenvalue weighted by atomic mass is 16.7. The van der Waals surface area contributed by atoms with E-state index in [9.17, 15) is 19.8 Å². The quantitative estimate of drug-likeness (QED) is 0.370. The number of phenols is 1. The van der Waals surface area contributed by atoms with Gasteiger partial charge in [-0.25, -0.2) is 0 Å². The fraction of sp³-hybridized carbons (Fsp3) is 0.120. The Morgan fingerprint density at radius 2 is 1.72 bits per heavy atom. The van der Waals surface area contributed by atoms with Gasteiger partial charge < -0.3 is 19.7 Å². The fourth-order valence-electron chi connectivity index (χ4n) is 4.06. The highest BCUT2D eigenvalue weighted by Crippen LogP contribution is 2.45. The molecule has 0 radical (unpaired) electrons. The van der Waals surface area contributed by atoms with Gasteiger partial charge >= 0.3 is 0 Å². The number of phenolic OH excluding ortho intramolecular Hbond substituents is 1. The van der Waals surface area contributed by atoms with Gasteiger partial charge in [0.2, 0.25) is 6.79 Å². The number of carbonyl (C=O) groups is 2. The number of aryl methyl sites for hydroxylation is 1. The third kappa shape index (κ3) is 3.06. The molecule has 0 spiro atoms. The number of amides is 1. The van der Waals surface area contributed by atoms with Crippen molar-refractivity contribution in [2.75, 3.05) is 11.7 Å². The lowest BCUT2D eigenvalue weighted by Gasteiger charge is -2.26. The topological polar surface area (TPSA) is 96.3 Å². The second kappa shape index (κ2) is 7.46. The van der Waals surface area contributed by atoms with E-state index in [0.29, 0.717) is 22.6 Å². The Hall–Kier alpha value is -4.26. The summed E-state index contributed by atoms with van der Waals surface area (Å²) in [6.45, 7) is 1.89. The van der Waals surface area contributed by atoms with Crippen LogP contribution in [-0.2, 0) is 9.59 Å². The smallest absolute Gasteiger partial charge is 0.300 e. The van der Waals surface area contributed by atoms with Crippen LogP contribution in [0.1, 0.15) is 22.7 Å². The summed E-state index contributed by atoms with van der Waals surface area (Å²) in [5.41, 5.74) is 1.88. The van der Waals surface area contributed by atoms with E-state index in [4.69, 9.17) is 9.47 Å². The predicted octanol–water partition coefficient (Wildman–Crippen LogP) is 4.06. The van der Waals surface area contributed by atoms with Crippen molar-refractivity contribution in [3.8, 4) is 17.2 Å². The van der Waals surface area contributed by atoms with Crippen LogP contribution in [-0.4, -0.2) is 28.7 Å². The Kier molecular flexibility index (Phi) is 4.59. The van der Waals surface area contributed by atoms with Crippen molar-refractivity contribution in [3.05, 3.63) is 89.0 Å². The molecule has 3 aromatic rings. The van der Waals surface area contributed by atoms with Gasteiger partial charge in [0, 0.05) is 5.56 Å². The number of hydrogen-bond donors (Lipinski definition) is 2. The molecular weight excluding hydrogens is 410 g/mol. The lowest BCUT2D eigenvalue weighted by atomic mass is 9.95. The summed E-state index contributed by atoms with van der Waals surface area (Å²) in [5, 5.41) is 21.7. The van der Waals surface area contributed by atoms with Gasteiger partial charge in [-0.15, -0.1) is 0 Å². The van der Waals surface area contributed by atoms with E-state index in [0.717, 1.165) is 5.56 Å². The molecule has 2 N–H and O–H groups in total. The van der Waals surface area contributed by atoms with Crippen molar-refractivity contribution < 1.29 is 29.3 Å². The standard InChI is InChI=1S/C25H19NO6/c1-14-7-9-18(27)17(11-14)26-22(15-5-3-2-4-6-15)21(24(29)25(26)30)23(28)16-8-10-19-20(12-16)32-13-31-19/h2-12,22,27-28H,13H2,1H3/b23-21-. The molecule has 2 aliphatic rings. The highest BCUT2D eigenvalue weighted by Gasteiger charge is 2.47. The third-order valence-electron chi connectivity index (χ3n) is 5.60. The van der Waals surface area contributed by atoms with Crippen molar-refractivity contribution in [2.24, 2.45) is 0 Å². The molecule has 1 fully saturated rings. The van der Waals surface area contributed by atoms with Gasteiger partial charge in [0.25, 0.3) is 11.7 Å². The first-order valence-electron chi connectivity index (χ1n) is 10.0. The van der Waals surface area contributed by atoms with Crippen LogP contribution in [0.15, 0.2) is 72.3 Å². The van der Waals surface area contributed by atoms with E-state index in [-0.39, 0.29) is 29.6 Å². The number of hydrogen-bond acceptors (Lipinski definition) is 6. The van der Waals surface area contributed by atoms with Crippen LogP contribution < -0.4 is 14.4 Å². The first-order chi connectivity index (χ1) is 15.5. The van der Waals surface area contributed by atoms with Crippen molar-refractivity contribution in [1.29, 1.82) is 0 Å². The first kappa shape index (κ1) is 19.7. The molecule has 32 heavy (non-hydrogen) atoms. The summed E-state index contributed by atoms with van der Waals surface area (Å²) in [7, 11) is 0. The van der Waals surface area contributed by atoms with Gasteiger partial charge in [-0.05, 0) is 48.4 Å². The van der Waals surface area contributed by atoms with E-state index in [2.05, 4.69) is 0 Å². The number of anilines is 1. The average Bonchev–Trinajstić information content (AvgIpc) is 3.38. The molecular formula is C25H19NO6. The Bertz CT molecular complexity index is 1280. The number of ether oxygens (including phenoxy) is 2. The molecule has 1 amide bonds. The Labute approximate surface area is 183 Å². The zero-order valence-electron chi connectivity index (χ0n) is 17.1. The molecule has 160 valence electrons. The molecule has 1 saturated heterocycles. The molecule has 3 aromatic carbocycles. The van der Waals surface area contributed by atoms with Gasteiger partial charge in [0.1, 0.15) is 11.5 Å². The summed E-state index contributed by atoms with van der Waals surface area (Å²) in [6.07, 6.45) is 0. The van der Waals surface area contributed by atoms with Crippen LogP contribution in [0.4, 0.5) is 5.69 Å². The molecule has 0 aliphatic carbocycles. The maximum absolute atomic E-state index is 13.2. The van der Waals surface area contributed by atoms with Crippen molar-refractivity contribution in [1.82, 2.24) is 0 Å². The van der Waals surface area contributed by atoms with E-state index < -0.39 is 17.7 Å². The third-order valence-corrected chi connectivity index (χ3v) is 5.60. The second-order valence-electron chi connectivity index (χ2n) is 7.64.